The third-order valence-electron chi connectivity index (χ3n) is 5.99. The van der Waals surface area contributed by atoms with E-state index in [0.717, 1.165) is 51.1 Å². The van der Waals surface area contributed by atoms with Gasteiger partial charge in [0.25, 0.3) is 0 Å². The summed E-state index contributed by atoms with van der Waals surface area (Å²) in [5.41, 5.74) is 1.42. The molecule has 2 aliphatic rings. The molecule has 2 N–H and O–H groups in total. The zero-order valence-corrected chi connectivity index (χ0v) is 15.4. The molecule has 1 amide bonds. The third-order valence-corrected chi connectivity index (χ3v) is 5.99. The zero-order chi connectivity index (χ0) is 17.6. The van der Waals surface area contributed by atoms with E-state index in [1.54, 1.807) is 0 Å². The first-order valence-electron chi connectivity index (χ1n) is 9.88. The van der Waals surface area contributed by atoms with E-state index in [1.165, 1.54) is 18.4 Å². The number of carbonyl (C=O) groups excluding carboxylic acids is 1. The Balaban J connectivity index is 1.41. The minimum absolute atomic E-state index is 0.0514. The number of hydrogen-bond donors (Lipinski definition) is 2. The highest BCUT2D eigenvalue weighted by Crippen LogP contribution is 2.23. The number of likely N-dealkylation sites (tertiary alicyclic amines) is 1. The molecule has 0 aromatic heterocycles. The second-order valence-corrected chi connectivity index (χ2v) is 7.86. The molecular weight excluding hydrogens is 312 g/mol. The molecule has 0 radical (unpaired) electrons. The predicted octanol–water partition coefficient (Wildman–Crippen LogP) is 2.75. The van der Waals surface area contributed by atoms with E-state index in [0.29, 0.717) is 0 Å². The predicted molar refractivity (Wildman–Crippen MR) is 100 cm³/mol. The quantitative estimate of drug-likeness (QED) is 0.863. The Bertz CT molecular complexity index is 532. The van der Waals surface area contributed by atoms with Crippen molar-refractivity contribution in [3.05, 3.63) is 35.9 Å². The van der Waals surface area contributed by atoms with Crippen LogP contribution in [0.15, 0.2) is 30.3 Å². The number of hydrogen-bond acceptors (Lipinski definition) is 3. The van der Waals surface area contributed by atoms with Crippen LogP contribution in [-0.2, 0) is 11.2 Å². The molecule has 1 aliphatic heterocycles. The highest BCUT2D eigenvalue weighted by molar-refractivity contribution is 5.81. The van der Waals surface area contributed by atoms with Crippen molar-refractivity contribution in [2.75, 3.05) is 13.1 Å². The minimum atomic E-state index is -0.172. The molecule has 1 saturated carbocycles. The normalized spacial score (nSPS) is 27.0. The Morgan fingerprint density at radius 2 is 1.76 bits per heavy atom. The number of rotatable bonds is 5. The molecule has 3 rings (SSSR count). The summed E-state index contributed by atoms with van der Waals surface area (Å²) in [5.74, 6) is 0.886. The van der Waals surface area contributed by atoms with Crippen molar-refractivity contribution < 1.29 is 9.90 Å². The molecular formula is C21H32N2O2. The van der Waals surface area contributed by atoms with E-state index in [4.69, 9.17) is 0 Å². The Morgan fingerprint density at radius 1 is 1.12 bits per heavy atom. The Hall–Kier alpha value is -1.39. The van der Waals surface area contributed by atoms with E-state index in [2.05, 4.69) is 40.5 Å². The van der Waals surface area contributed by atoms with Crippen molar-refractivity contribution in [2.45, 2.75) is 70.1 Å². The average molecular weight is 344 g/mol. The molecule has 1 atom stereocenters. The first-order chi connectivity index (χ1) is 12.1. The second kappa shape index (κ2) is 8.81. The topological polar surface area (TPSA) is 52.6 Å². The van der Waals surface area contributed by atoms with Gasteiger partial charge < -0.3 is 10.4 Å². The number of amides is 1. The fourth-order valence-corrected chi connectivity index (χ4v) is 4.20. The number of nitrogens with zero attached hydrogens (tertiary/aromatic N) is 1. The highest BCUT2D eigenvalue weighted by Gasteiger charge is 2.28. The van der Waals surface area contributed by atoms with Gasteiger partial charge in [-0.05, 0) is 76.4 Å². The van der Waals surface area contributed by atoms with Crippen LogP contribution in [0.2, 0.25) is 0 Å². The van der Waals surface area contributed by atoms with Gasteiger partial charge >= 0.3 is 0 Å². The van der Waals surface area contributed by atoms with Gasteiger partial charge in [0.2, 0.25) is 5.91 Å². The summed E-state index contributed by atoms with van der Waals surface area (Å²) < 4.78 is 0. The van der Waals surface area contributed by atoms with E-state index in [-0.39, 0.29) is 24.1 Å². The second-order valence-electron chi connectivity index (χ2n) is 7.86. The van der Waals surface area contributed by atoms with Gasteiger partial charge in [-0.2, -0.15) is 0 Å². The molecule has 4 heteroatoms. The maximum Gasteiger partial charge on any atom is 0.237 e. The van der Waals surface area contributed by atoms with Crippen LogP contribution in [0, 0.1) is 5.92 Å². The summed E-state index contributed by atoms with van der Waals surface area (Å²) in [5, 5.41) is 12.8. The Labute approximate surface area is 151 Å². The Morgan fingerprint density at radius 3 is 2.40 bits per heavy atom. The SMILES string of the molecule is C[C@H](C(=O)NC1CCC(O)CC1)N1CCC(Cc2ccccc2)CC1. The van der Waals surface area contributed by atoms with Gasteiger partial charge in [0.1, 0.15) is 0 Å². The molecule has 138 valence electrons. The monoisotopic (exact) mass is 344 g/mol. The maximum atomic E-state index is 12.5. The minimum Gasteiger partial charge on any atom is -0.393 e. The first-order valence-corrected chi connectivity index (χ1v) is 9.88. The van der Waals surface area contributed by atoms with E-state index >= 15 is 0 Å². The van der Waals surface area contributed by atoms with E-state index in [9.17, 15) is 9.90 Å². The number of carbonyl (C=O) groups is 1. The van der Waals surface area contributed by atoms with Gasteiger partial charge in [-0.1, -0.05) is 30.3 Å². The average Bonchev–Trinajstić information content (AvgIpc) is 2.64. The van der Waals surface area contributed by atoms with Crippen molar-refractivity contribution >= 4 is 5.91 Å². The van der Waals surface area contributed by atoms with Crippen LogP contribution in [0.1, 0.15) is 51.0 Å². The van der Waals surface area contributed by atoms with Crippen molar-refractivity contribution in [1.82, 2.24) is 10.2 Å². The molecule has 2 fully saturated rings. The molecule has 1 aromatic rings. The molecule has 0 spiro atoms. The highest BCUT2D eigenvalue weighted by atomic mass is 16.3. The van der Waals surface area contributed by atoms with Crippen molar-refractivity contribution in [3.63, 3.8) is 0 Å². The number of aliphatic hydroxyl groups is 1. The smallest absolute Gasteiger partial charge is 0.237 e. The maximum absolute atomic E-state index is 12.5. The van der Waals surface area contributed by atoms with Crippen molar-refractivity contribution in [1.29, 1.82) is 0 Å². The number of aliphatic hydroxyl groups excluding tert-OH is 1. The molecule has 1 saturated heterocycles. The summed E-state index contributed by atoms with van der Waals surface area (Å²) in [6, 6.07) is 10.9. The van der Waals surface area contributed by atoms with Crippen LogP contribution in [0.5, 0.6) is 0 Å². The van der Waals surface area contributed by atoms with Gasteiger partial charge in [-0.3, -0.25) is 9.69 Å². The summed E-state index contributed by atoms with van der Waals surface area (Å²) in [6.45, 7) is 4.05. The molecule has 1 heterocycles. The third kappa shape index (κ3) is 5.29. The van der Waals surface area contributed by atoms with Crippen molar-refractivity contribution in [2.24, 2.45) is 5.92 Å². The lowest BCUT2D eigenvalue weighted by Gasteiger charge is -2.36. The summed E-state index contributed by atoms with van der Waals surface area (Å²) in [4.78, 5) is 14.9. The van der Waals surface area contributed by atoms with Crippen LogP contribution in [0.3, 0.4) is 0 Å². The van der Waals surface area contributed by atoms with Gasteiger partial charge in [0.05, 0.1) is 12.1 Å². The van der Waals surface area contributed by atoms with Gasteiger partial charge in [0.15, 0.2) is 0 Å². The van der Waals surface area contributed by atoms with Crippen LogP contribution in [0.4, 0.5) is 0 Å². The number of piperidine rings is 1. The van der Waals surface area contributed by atoms with Crippen molar-refractivity contribution in [3.8, 4) is 0 Å². The van der Waals surface area contributed by atoms with Crippen LogP contribution < -0.4 is 5.32 Å². The molecule has 1 aromatic carbocycles. The molecule has 0 bridgehead atoms. The van der Waals surface area contributed by atoms with Gasteiger partial charge in [-0.25, -0.2) is 0 Å². The molecule has 1 aliphatic carbocycles. The van der Waals surface area contributed by atoms with E-state index in [1.807, 2.05) is 6.92 Å². The first kappa shape index (κ1) is 18.4. The molecule has 25 heavy (non-hydrogen) atoms. The van der Waals surface area contributed by atoms with Gasteiger partial charge in [0, 0.05) is 6.04 Å². The summed E-state index contributed by atoms with van der Waals surface area (Å²) >= 11 is 0. The van der Waals surface area contributed by atoms with E-state index < -0.39 is 0 Å². The number of benzene rings is 1. The lowest BCUT2D eigenvalue weighted by atomic mass is 9.89. The van der Waals surface area contributed by atoms with Crippen LogP contribution >= 0.6 is 0 Å². The number of nitrogens with one attached hydrogen (secondary N) is 1. The fraction of sp³-hybridized carbons (Fsp3) is 0.667. The van der Waals surface area contributed by atoms with Crippen LogP contribution in [0.25, 0.3) is 0 Å². The van der Waals surface area contributed by atoms with Gasteiger partial charge in [-0.15, -0.1) is 0 Å². The molecule has 4 nitrogen and oxygen atoms in total. The zero-order valence-electron chi connectivity index (χ0n) is 15.4. The lowest BCUT2D eigenvalue weighted by molar-refractivity contribution is -0.127. The summed E-state index contributed by atoms with van der Waals surface area (Å²) in [6.07, 6.45) is 6.74. The standard InChI is InChI=1S/C21H32N2O2/c1-16(21(25)22-19-7-9-20(24)10-8-19)23-13-11-18(12-14-23)15-17-5-3-2-4-6-17/h2-6,16,18-20,24H,7-15H2,1H3,(H,22,25)/t16-,19?,20?/m1/s1. The Kier molecular flexibility index (Phi) is 6.49. The summed E-state index contributed by atoms with van der Waals surface area (Å²) in [7, 11) is 0. The lowest BCUT2D eigenvalue weighted by Crippen LogP contribution is -2.51. The van der Waals surface area contributed by atoms with Crippen LogP contribution in [-0.4, -0.2) is 47.2 Å². The molecule has 0 unspecified atom stereocenters. The largest absolute Gasteiger partial charge is 0.393 e. The fourth-order valence-electron chi connectivity index (χ4n) is 4.20.